The second-order valence-electron chi connectivity index (χ2n) is 9.55. The zero-order valence-electron chi connectivity index (χ0n) is 20.6. The van der Waals surface area contributed by atoms with Crippen molar-refractivity contribution in [3.63, 3.8) is 0 Å². The van der Waals surface area contributed by atoms with E-state index in [1.165, 1.54) is 11.1 Å². The molecular formula is C26H27BrN4O4S. The quantitative estimate of drug-likeness (QED) is 0.347. The van der Waals surface area contributed by atoms with Crippen molar-refractivity contribution in [1.29, 1.82) is 0 Å². The molecule has 8 nitrogen and oxygen atoms in total. The summed E-state index contributed by atoms with van der Waals surface area (Å²) in [5, 5.41) is 9.89. The highest BCUT2D eigenvalue weighted by Gasteiger charge is 2.25. The van der Waals surface area contributed by atoms with Gasteiger partial charge in [0.1, 0.15) is 5.52 Å². The lowest BCUT2D eigenvalue weighted by molar-refractivity contribution is 0.0367. The van der Waals surface area contributed by atoms with E-state index < -0.39 is 15.4 Å². The maximum absolute atomic E-state index is 13.4. The summed E-state index contributed by atoms with van der Waals surface area (Å²) >= 11 is 3.33. The Kier molecular flexibility index (Phi) is 6.80. The zero-order chi connectivity index (χ0) is 26.4. The van der Waals surface area contributed by atoms with Crippen molar-refractivity contribution in [3.05, 3.63) is 70.0 Å². The van der Waals surface area contributed by atoms with Crippen molar-refractivity contribution in [3.8, 4) is 11.1 Å². The molecule has 36 heavy (non-hydrogen) atoms. The number of aryl methyl sites for hydroxylation is 2. The average Bonchev–Trinajstić information content (AvgIpc) is 3.22. The van der Waals surface area contributed by atoms with E-state index in [9.17, 15) is 18.3 Å². The minimum absolute atomic E-state index is 0.127. The van der Waals surface area contributed by atoms with Crippen LogP contribution in [-0.2, 0) is 9.84 Å². The van der Waals surface area contributed by atoms with E-state index in [-0.39, 0.29) is 22.4 Å². The van der Waals surface area contributed by atoms with Crippen LogP contribution in [0.4, 0.5) is 0 Å². The molecule has 188 valence electrons. The Morgan fingerprint density at radius 3 is 2.56 bits per heavy atom. The van der Waals surface area contributed by atoms with Crippen LogP contribution in [0.1, 0.15) is 35.3 Å². The van der Waals surface area contributed by atoms with E-state index in [1.54, 1.807) is 51.4 Å². The van der Waals surface area contributed by atoms with Gasteiger partial charge in [-0.3, -0.25) is 4.79 Å². The second-order valence-corrected chi connectivity index (χ2v) is 12.3. The molecule has 2 aromatic heterocycles. The third-order valence-corrected chi connectivity index (χ3v) is 8.37. The molecule has 2 N–H and O–H groups in total. The summed E-state index contributed by atoms with van der Waals surface area (Å²) in [5.74, 6) is -0.197. The Morgan fingerprint density at radius 1 is 1.17 bits per heavy atom. The number of amides is 1. The molecule has 0 fully saturated rings. The number of nitrogens with zero attached hydrogens (tertiary/aromatic N) is 3. The van der Waals surface area contributed by atoms with Crippen LogP contribution in [0.2, 0.25) is 0 Å². The number of aromatic nitrogens is 3. The van der Waals surface area contributed by atoms with Crippen molar-refractivity contribution in [2.24, 2.45) is 0 Å². The summed E-state index contributed by atoms with van der Waals surface area (Å²) in [5.41, 5.74) is 3.37. The Morgan fingerprint density at radius 2 is 1.89 bits per heavy atom. The third kappa shape index (κ3) is 5.07. The fourth-order valence-corrected chi connectivity index (χ4v) is 6.26. The first-order valence-corrected chi connectivity index (χ1v) is 13.5. The Bertz CT molecular complexity index is 1590. The lowest BCUT2D eigenvalue weighted by atomic mass is 10.00. The topological polar surface area (TPSA) is 116 Å². The third-order valence-electron chi connectivity index (χ3n) is 5.75. The average molecular weight is 571 g/mol. The molecule has 0 saturated heterocycles. The summed E-state index contributed by atoms with van der Waals surface area (Å²) in [6, 6.07) is 10.5. The molecule has 0 saturated carbocycles. The highest BCUT2D eigenvalue weighted by atomic mass is 79.9. The van der Waals surface area contributed by atoms with Crippen molar-refractivity contribution in [1.82, 2.24) is 19.9 Å². The minimum atomic E-state index is -3.92. The SMILES string of the molecule is Cc1ccc(Br)c(S(=O)(=O)c2cnc3[nH]cc(-c4ccc(C(=O)N(C)CC(C)(C)O)c(C)c4)c3n2)c1. The number of halogens is 1. The fraction of sp³-hybridized carbons (Fsp3) is 0.269. The Balaban J connectivity index is 1.74. The summed E-state index contributed by atoms with van der Waals surface area (Å²) in [7, 11) is -2.27. The molecule has 0 spiro atoms. The predicted octanol–water partition coefficient (Wildman–Crippen LogP) is 4.68. The molecule has 1 amide bonds. The molecule has 0 aliphatic heterocycles. The molecule has 2 aromatic carbocycles. The van der Waals surface area contributed by atoms with Crippen molar-refractivity contribution < 1.29 is 18.3 Å². The molecule has 0 unspecified atom stereocenters. The highest BCUT2D eigenvalue weighted by molar-refractivity contribution is 9.10. The number of carbonyl (C=O) groups excluding carboxylic acids is 1. The number of aromatic amines is 1. The van der Waals surface area contributed by atoms with E-state index >= 15 is 0 Å². The van der Waals surface area contributed by atoms with Gasteiger partial charge in [-0.2, -0.15) is 0 Å². The number of carbonyl (C=O) groups is 1. The van der Waals surface area contributed by atoms with Crippen LogP contribution < -0.4 is 0 Å². The van der Waals surface area contributed by atoms with Crippen molar-refractivity contribution in [2.75, 3.05) is 13.6 Å². The van der Waals surface area contributed by atoms with Crippen LogP contribution in [0.15, 0.2) is 63.2 Å². The Hall–Kier alpha value is -3.08. The van der Waals surface area contributed by atoms with Gasteiger partial charge in [0.2, 0.25) is 9.84 Å². The number of sulfone groups is 1. The van der Waals surface area contributed by atoms with Gasteiger partial charge in [0.25, 0.3) is 5.91 Å². The van der Waals surface area contributed by atoms with Crippen LogP contribution in [0.5, 0.6) is 0 Å². The molecule has 0 bridgehead atoms. The number of aliphatic hydroxyl groups is 1. The van der Waals surface area contributed by atoms with Crippen molar-refractivity contribution >= 4 is 42.8 Å². The maximum Gasteiger partial charge on any atom is 0.253 e. The smallest absolute Gasteiger partial charge is 0.253 e. The number of benzene rings is 2. The van der Waals surface area contributed by atoms with E-state index in [0.717, 1.165) is 16.7 Å². The van der Waals surface area contributed by atoms with Gasteiger partial charge in [0, 0.05) is 35.4 Å². The van der Waals surface area contributed by atoms with Crippen LogP contribution in [0.25, 0.3) is 22.3 Å². The number of likely N-dealkylation sites (N-methyl/N-ethyl adjacent to an activating group) is 1. The molecule has 0 aliphatic carbocycles. The first-order valence-electron chi connectivity index (χ1n) is 11.2. The van der Waals surface area contributed by atoms with Gasteiger partial charge in [0.15, 0.2) is 10.7 Å². The summed E-state index contributed by atoms with van der Waals surface area (Å²) in [6.45, 7) is 7.15. The number of hydrogen-bond donors (Lipinski definition) is 2. The van der Waals surface area contributed by atoms with Crippen LogP contribution in [0, 0.1) is 13.8 Å². The van der Waals surface area contributed by atoms with Gasteiger partial charge < -0.3 is 15.0 Å². The lowest BCUT2D eigenvalue weighted by Crippen LogP contribution is -2.39. The highest BCUT2D eigenvalue weighted by Crippen LogP contribution is 2.32. The van der Waals surface area contributed by atoms with E-state index in [2.05, 4.69) is 30.9 Å². The van der Waals surface area contributed by atoms with Gasteiger partial charge in [-0.15, -0.1) is 0 Å². The lowest BCUT2D eigenvalue weighted by Gasteiger charge is -2.26. The number of rotatable bonds is 6. The first-order chi connectivity index (χ1) is 16.8. The molecule has 10 heteroatoms. The van der Waals surface area contributed by atoms with Gasteiger partial charge >= 0.3 is 0 Å². The van der Waals surface area contributed by atoms with E-state index in [4.69, 9.17) is 0 Å². The molecular weight excluding hydrogens is 544 g/mol. The standard InChI is InChI=1S/C26H27BrN4O4S/c1-15-6-9-20(27)21(10-15)36(34,35)22-13-29-24-23(30-22)19(12-28-24)17-7-8-18(16(2)11-17)25(32)31(5)14-26(3,4)33/h6-13,33H,14H2,1-5H3,(H,28,29). The van der Waals surface area contributed by atoms with Crippen LogP contribution in [0.3, 0.4) is 0 Å². The van der Waals surface area contributed by atoms with E-state index in [1.807, 2.05) is 26.0 Å². The van der Waals surface area contributed by atoms with Crippen LogP contribution >= 0.6 is 15.9 Å². The number of H-pyrrole nitrogens is 1. The van der Waals surface area contributed by atoms with Gasteiger partial charge in [-0.05, 0) is 78.5 Å². The van der Waals surface area contributed by atoms with Gasteiger partial charge in [-0.1, -0.05) is 18.2 Å². The summed E-state index contributed by atoms with van der Waals surface area (Å²) in [4.78, 5) is 26.3. The Labute approximate surface area is 218 Å². The van der Waals surface area contributed by atoms with Gasteiger partial charge in [0.05, 0.1) is 16.7 Å². The number of fused-ring (bicyclic) bond motifs is 1. The van der Waals surface area contributed by atoms with Crippen LogP contribution in [-0.4, -0.2) is 58.5 Å². The predicted molar refractivity (Wildman–Crippen MR) is 142 cm³/mol. The van der Waals surface area contributed by atoms with Crippen molar-refractivity contribution in [2.45, 2.75) is 43.2 Å². The summed E-state index contributed by atoms with van der Waals surface area (Å²) < 4.78 is 27.2. The number of hydrogen-bond acceptors (Lipinski definition) is 6. The zero-order valence-corrected chi connectivity index (χ0v) is 23.0. The van der Waals surface area contributed by atoms with Gasteiger partial charge in [-0.25, -0.2) is 18.4 Å². The molecule has 0 aliphatic rings. The fourth-order valence-electron chi connectivity index (χ4n) is 4.08. The monoisotopic (exact) mass is 570 g/mol. The largest absolute Gasteiger partial charge is 0.389 e. The van der Waals surface area contributed by atoms with E-state index in [0.29, 0.717) is 26.8 Å². The normalized spacial score (nSPS) is 12.2. The molecule has 4 aromatic rings. The molecule has 0 atom stereocenters. The number of nitrogens with one attached hydrogen (secondary N) is 1. The first kappa shape index (κ1) is 26.0. The molecule has 2 heterocycles. The molecule has 0 radical (unpaired) electrons. The molecule has 4 rings (SSSR count). The summed E-state index contributed by atoms with van der Waals surface area (Å²) in [6.07, 6.45) is 2.97. The second kappa shape index (κ2) is 9.42. The maximum atomic E-state index is 13.4. The minimum Gasteiger partial charge on any atom is -0.389 e.